The lowest BCUT2D eigenvalue weighted by molar-refractivity contribution is -0.134. The number of carboxylic acids is 2. The lowest BCUT2D eigenvalue weighted by Gasteiger charge is -1.80. The second-order valence-electron chi connectivity index (χ2n) is 2.10. The summed E-state index contributed by atoms with van der Waals surface area (Å²) in [6.45, 7) is 3.44. The molecular formula is C7H12O5. The van der Waals surface area contributed by atoms with Crippen molar-refractivity contribution in [2.45, 2.75) is 20.0 Å². The summed E-state index contributed by atoms with van der Waals surface area (Å²) in [5.74, 6) is -2.51. The van der Waals surface area contributed by atoms with Gasteiger partial charge < -0.3 is 15.3 Å². The van der Waals surface area contributed by atoms with Crippen LogP contribution in [0.2, 0.25) is 0 Å². The molecular weight excluding hydrogens is 164 g/mol. The van der Waals surface area contributed by atoms with Crippen molar-refractivity contribution >= 4 is 11.9 Å². The van der Waals surface area contributed by atoms with E-state index in [9.17, 15) is 9.59 Å². The Bertz CT molecular complexity index is 152. The van der Waals surface area contributed by atoms with Gasteiger partial charge in [-0.3, -0.25) is 0 Å². The van der Waals surface area contributed by atoms with Crippen LogP contribution in [-0.2, 0) is 9.59 Å². The van der Waals surface area contributed by atoms with Crippen molar-refractivity contribution in [1.29, 1.82) is 0 Å². The highest BCUT2D eigenvalue weighted by atomic mass is 16.4. The Morgan fingerprint density at radius 3 is 1.33 bits per heavy atom. The maximum Gasteiger partial charge on any atom is 0.328 e. The summed E-state index contributed by atoms with van der Waals surface area (Å²) in [7, 11) is 0. The molecule has 0 aromatic rings. The molecule has 0 aliphatic carbocycles. The highest BCUT2D eigenvalue weighted by molar-refractivity contribution is 5.89. The third kappa shape index (κ3) is 38.1. The van der Waals surface area contributed by atoms with Gasteiger partial charge in [-0.1, -0.05) is 0 Å². The first-order chi connectivity index (χ1) is 5.36. The average molecular weight is 176 g/mol. The molecule has 0 aliphatic heterocycles. The quantitative estimate of drug-likeness (QED) is 0.518. The van der Waals surface area contributed by atoms with Crippen LogP contribution in [0.3, 0.4) is 0 Å². The topological polar surface area (TPSA) is 94.8 Å². The highest BCUT2D eigenvalue weighted by Crippen LogP contribution is 1.70. The molecule has 0 fully saturated rings. The van der Waals surface area contributed by atoms with E-state index in [1.165, 1.54) is 0 Å². The van der Waals surface area contributed by atoms with E-state index in [0.717, 1.165) is 0 Å². The zero-order valence-corrected chi connectivity index (χ0v) is 6.89. The van der Waals surface area contributed by atoms with Crippen LogP contribution in [0.5, 0.6) is 0 Å². The number of aliphatic carboxylic acids is 2. The molecule has 0 aromatic heterocycles. The molecule has 5 heteroatoms. The molecule has 0 heterocycles. The Labute approximate surface area is 70.0 Å². The lowest BCUT2D eigenvalue weighted by Crippen LogP contribution is -1.91. The van der Waals surface area contributed by atoms with Gasteiger partial charge >= 0.3 is 11.9 Å². The van der Waals surface area contributed by atoms with Gasteiger partial charge in [0.2, 0.25) is 0 Å². The molecule has 0 unspecified atom stereocenters. The molecule has 0 saturated carbocycles. The first kappa shape index (κ1) is 13.2. The smallest absolute Gasteiger partial charge is 0.328 e. The number of aliphatic hydroxyl groups excluding tert-OH is 1. The van der Waals surface area contributed by atoms with Crippen LogP contribution in [0.4, 0.5) is 0 Å². The molecule has 12 heavy (non-hydrogen) atoms. The van der Waals surface area contributed by atoms with Gasteiger partial charge in [0.25, 0.3) is 0 Å². The summed E-state index contributed by atoms with van der Waals surface area (Å²) in [5.41, 5.74) is 0. The molecule has 0 radical (unpaired) electrons. The van der Waals surface area contributed by atoms with E-state index in [2.05, 4.69) is 0 Å². The lowest BCUT2D eigenvalue weighted by atomic mass is 10.5. The second kappa shape index (κ2) is 7.74. The van der Waals surface area contributed by atoms with Crippen LogP contribution < -0.4 is 0 Å². The monoisotopic (exact) mass is 176 g/mol. The van der Waals surface area contributed by atoms with Crippen molar-refractivity contribution < 1.29 is 24.9 Å². The summed E-state index contributed by atoms with van der Waals surface area (Å²) in [6.07, 6.45) is 0.949. The number of aliphatic hydroxyl groups is 1. The van der Waals surface area contributed by atoms with Crippen LogP contribution in [0.15, 0.2) is 12.2 Å². The number of hydrogen-bond acceptors (Lipinski definition) is 3. The second-order valence-corrected chi connectivity index (χ2v) is 2.10. The molecule has 3 N–H and O–H groups in total. The average Bonchev–Trinajstić information content (AvgIpc) is 1.82. The van der Waals surface area contributed by atoms with Crippen molar-refractivity contribution in [2.75, 3.05) is 0 Å². The summed E-state index contributed by atoms with van der Waals surface area (Å²) in [5, 5.41) is 23.7. The number of hydrogen-bond donors (Lipinski definition) is 3. The maximum atomic E-state index is 9.55. The predicted octanol–water partition coefficient (Wildman–Crippen LogP) is 0.0989. The molecule has 0 spiro atoms. The van der Waals surface area contributed by atoms with Gasteiger partial charge in [0.1, 0.15) is 0 Å². The summed E-state index contributed by atoms with van der Waals surface area (Å²) >= 11 is 0. The SMILES string of the molecule is CC(C)O.O=C(O)/C=C\C(=O)O. The van der Waals surface area contributed by atoms with Crippen molar-refractivity contribution in [3.05, 3.63) is 12.2 Å². The zero-order chi connectivity index (χ0) is 10.1. The Balaban J connectivity index is 0. The van der Waals surface area contributed by atoms with Crippen LogP contribution >= 0.6 is 0 Å². The minimum absolute atomic E-state index is 0.167. The predicted molar refractivity (Wildman–Crippen MR) is 41.8 cm³/mol. The first-order valence-corrected chi connectivity index (χ1v) is 3.18. The Hall–Kier alpha value is -1.36. The molecule has 0 rings (SSSR count). The van der Waals surface area contributed by atoms with Gasteiger partial charge in [-0.05, 0) is 13.8 Å². The molecule has 0 bridgehead atoms. The number of rotatable bonds is 2. The molecule has 0 atom stereocenters. The fourth-order valence-electron chi connectivity index (χ4n) is 0.143. The maximum absolute atomic E-state index is 9.55. The van der Waals surface area contributed by atoms with E-state index in [1.807, 2.05) is 0 Å². The number of carbonyl (C=O) groups is 2. The van der Waals surface area contributed by atoms with E-state index in [0.29, 0.717) is 12.2 Å². The third-order valence-electron chi connectivity index (χ3n) is 0.368. The van der Waals surface area contributed by atoms with Gasteiger partial charge in [-0.2, -0.15) is 0 Å². The first-order valence-electron chi connectivity index (χ1n) is 3.18. The minimum Gasteiger partial charge on any atom is -0.478 e. The largest absolute Gasteiger partial charge is 0.478 e. The Morgan fingerprint density at radius 2 is 1.25 bits per heavy atom. The van der Waals surface area contributed by atoms with E-state index < -0.39 is 11.9 Å². The highest BCUT2D eigenvalue weighted by Gasteiger charge is 1.88. The van der Waals surface area contributed by atoms with Crippen LogP contribution in [-0.4, -0.2) is 33.4 Å². The fourth-order valence-corrected chi connectivity index (χ4v) is 0.143. The molecule has 0 aliphatic rings. The minimum atomic E-state index is -1.26. The molecule has 0 saturated heterocycles. The Kier molecular flexibility index (Phi) is 8.55. The van der Waals surface area contributed by atoms with Crippen molar-refractivity contribution in [2.24, 2.45) is 0 Å². The summed E-state index contributed by atoms with van der Waals surface area (Å²) in [6, 6.07) is 0. The molecule has 0 aromatic carbocycles. The van der Waals surface area contributed by atoms with Crippen molar-refractivity contribution in [1.82, 2.24) is 0 Å². The molecule has 0 amide bonds. The van der Waals surface area contributed by atoms with Crippen LogP contribution in [0.25, 0.3) is 0 Å². The van der Waals surface area contributed by atoms with E-state index in [1.54, 1.807) is 13.8 Å². The van der Waals surface area contributed by atoms with E-state index in [-0.39, 0.29) is 6.10 Å². The van der Waals surface area contributed by atoms with Crippen LogP contribution in [0, 0.1) is 0 Å². The normalized spacial score (nSPS) is 9.33. The number of carboxylic acid groups (broad SMARTS) is 2. The third-order valence-corrected chi connectivity index (χ3v) is 0.368. The van der Waals surface area contributed by atoms with Gasteiger partial charge in [0.05, 0.1) is 0 Å². The fraction of sp³-hybridized carbons (Fsp3) is 0.429. The summed E-state index contributed by atoms with van der Waals surface area (Å²) in [4.78, 5) is 19.1. The van der Waals surface area contributed by atoms with Gasteiger partial charge in [-0.25, -0.2) is 9.59 Å². The Morgan fingerprint density at radius 1 is 1.08 bits per heavy atom. The van der Waals surface area contributed by atoms with Crippen molar-refractivity contribution in [3.8, 4) is 0 Å². The summed E-state index contributed by atoms with van der Waals surface area (Å²) < 4.78 is 0. The van der Waals surface area contributed by atoms with E-state index in [4.69, 9.17) is 15.3 Å². The molecule has 70 valence electrons. The van der Waals surface area contributed by atoms with Crippen LogP contribution in [0.1, 0.15) is 13.8 Å². The zero-order valence-electron chi connectivity index (χ0n) is 6.89. The van der Waals surface area contributed by atoms with Gasteiger partial charge in [0, 0.05) is 18.3 Å². The molecule has 5 nitrogen and oxygen atoms in total. The van der Waals surface area contributed by atoms with Crippen molar-refractivity contribution in [3.63, 3.8) is 0 Å². The van der Waals surface area contributed by atoms with Gasteiger partial charge in [-0.15, -0.1) is 0 Å². The standard InChI is InChI=1S/C4H4O4.C3H8O/c5-3(6)1-2-4(7)8;1-3(2)4/h1-2H,(H,5,6)(H,7,8);3-4H,1-2H3/b2-1-;. The van der Waals surface area contributed by atoms with E-state index >= 15 is 0 Å². The van der Waals surface area contributed by atoms with Gasteiger partial charge in [0.15, 0.2) is 0 Å².